The molecule has 33 heavy (non-hydrogen) atoms. The van der Waals surface area contributed by atoms with Gasteiger partial charge in [-0.2, -0.15) is 0 Å². The van der Waals surface area contributed by atoms with Crippen molar-refractivity contribution in [2.75, 3.05) is 18.4 Å². The second-order valence-corrected chi connectivity index (χ2v) is 10.0. The molecule has 3 aromatic carbocycles. The Hall–Kier alpha value is -3.14. The highest BCUT2D eigenvalue weighted by molar-refractivity contribution is 7.92. The molecule has 0 fully saturated rings. The summed E-state index contributed by atoms with van der Waals surface area (Å²) in [6.07, 6.45) is 0.963. The van der Waals surface area contributed by atoms with Crippen molar-refractivity contribution >= 4 is 39.0 Å². The van der Waals surface area contributed by atoms with E-state index in [-0.39, 0.29) is 4.90 Å². The van der Waals surface area contributed by atoms with Gasteiger partial charge in [-0.25, -0.2) is 8.42 Å². The number of oxazole rings is 1. The van der Waals surface area contributed by atoms with Gasteiger partial charge in [0.15, 0.2) is 5.58 Å². The van der Waals surface area contributed by atoms with Gasteiger partial charge < -0.3 is 9.15 Å². The molecule has 1 N–H and O–H groups in total. The van der Waals surface area contributed by atoms with E-state index in [4.69, 9.17) is 21.4 Å². The van der Waals surface area contributed by atoms with Crippen LogP contribution in [-0.4, -0.2) is 31.5 Å². The molecule has 9 heteroatoms. The summed E-state index contributed by atoms with van der Waals surface area (Å²) in [7, 11) is -2.24. The van der Waals surface area contributed by atoms with Crippen molar-refractivity contribution in [3.05, 3.63) is 82.7 Å². The number of fused-ring (bicyclic) bond motifs is 2. The predicted octanol–water partition coefficient (Wildman–Crippen LogP) is 4.79. The number of methoxy groups -OCH3 is 1. The number of sulfonamides is 1. The van der Waals surface area contributed by atoms with E-state index in [1.165, 1.54) is 17.2 Å². The molecule has 0 aliphatic carbocycles. The summed E-state index contributed by atoms with van der Waals surface area (Å²) in [5, 5.41) is 0. The van der Waals surface area contributed by atoms with Gasteiger partial charge in [-0.15, -0.1) is 0 Å². The lowest BCUT2D eigenvalue weighted by Gasteiger charge is -2.28. The molecule has 0 bridgehead atoms. The number of hydrogen-bond acceptors (Lipinski definition) is 6. The Morgan fingerprint density at radius 1 is 1.06 bits per heavy atom. The molecule has 0 saturated heterocycles. The highest BCUT2D eigenvalue weighted by Crippen LogP contribution is 2.26. The second-order valence-electron chi connectivity index (χ2n) is 7.97. The zero-order valence-electron chi connectivity index (χ0n) is 18.0. The fourth-order valence-corrected chi connectivity index (χ4v) is 5.42. The van der Waals surface area contributed by atoms with Crippen LogP contribution < -0.4 is 9.46 Å². The minimum absolute atomic E-state index is 0.138. The molecular formula is C24H23N3O4S2. The van der Waals surface area contributed by atoms with E-state index in [2.05, 4.69) is 27.8 Å². The van der Waals surface area contributed by atoms with Crippen LogP contribution in [0, 0.1) is 4.84 Å². The van der Waals surface area contributed by atoms with E-state index in [0.717, 1.165) is 19.5 Å². The van der Waals surface area contributed by atoms with Crippen molar-refractivity contribution in [1.82, 2.24) is 9.47 Å². The molecule has 0 amide bonds. The van der Waals surface area contributed by atoms with Crippen LogP contribution in [0.1, 0.15) is 11.1 Å². The molecule has 0 spiro atoms. The normalized spacial score (nSPS) is 14.2. The average molecular weight is 482 g/mol. The maximum atomic E-state index is 13.0. The standard InChI is InChI=1S/C24H23N3O4S2/c1-30-20-8-6-19(7-9-20)25-33(28,29)21-10-11-23-22(14-21)27(24(32)31-23)16-26-13-12-17-4-2-3-5-18(17)15-26/h2-11,14,25H,12-13,15-16H2,1H3. The minimum Gasteiger partial charge on any atom is -0.497 e. The van der Waals surface area contributed by atoms with Crippen molar-refractivity contribution in [3.63, 3.8) is 0 Å². The number of anilines is 1. The number of nitrogens with one attached hydrogen (secondary N) is 1. The molecular weight excluding hydrogens is 458 g/mol. The van der Waals surface area contributed by atoms with Crippen LogP contribution in [0.25, 0.3) is 11.1 Å². The Morgan fingerprint density at radius 2 is 1.82 bits per heavy atom. The van der Waals surface area contributed by atoms with Crippen molar-refractivity contribution in [3.8, 4) is 5.75 Å². The summed E-state index contributed by atoms with van der Waals surface area (Å²) in [6.45, 7) is 2.22. The third kappa shape index (κ3) is 4.39. The van der Waals surface area contributed by atoms with Gasteiger partial charge in [0.05, 0.1) is 24.2 Å². The highest BCUT2D eigenvalue weighted by atomic mass is 32.2. The number of rotatable bonds is 6. The number of hydrogen-bond donors (Lipinski definition) is 1. The van der Waals surface area contributed by atoms with Gasteiger partial charge >= 0.3 is 0 Å². The van der Waals surface area contributed by atoms with Crippen LogP contribution >= 0.6 is 12.2 Å². The van der Waals surface area contributed by atoms with Crippen LogP contribution in [0.5, 0.6) is 5.75 Å². The molecule has 1 aliphatic heterocycles. The molecule has 7 nitrogen and oxygen atoms in total. The summed E-state index contributed by atoms with van der Waals surface area (Å²) in [4.78, 5) is 2.74. The lowest BCUT2D eigenvalue weighted by Crippen LogP contribution is -2.32. The maximum Gasteiger partial charge on any atom is 0.270 e. The Balaban J connectivity index is 1.43. The number of ether oxygens (including phenoxy) is 1. The van der Waals surface area contributed by atoms with Crippen molar-refractivity contribution in [1.29, 1.82) is 0 Å². The van der Waals surface area contributed by atoms with Gasteiger partial charge in [-0.3, -0.25) is 14.2 Å². The first kappa shape index (κ1) is 21.7. The van der Waals surface area contributed by atoms with E-state index >= 15 is 0 Å². The molecule has 0 saturated carbocycles. The zero-order valence-corrected chi connectivity index (χ0v) is 19.7. The fourth-order valence-electron chi connectivity index (χ4n) is 4.09. The van der Waals surface area contributed by atoms with Crippen LogP contribution in [0.2, 0.25) is 0 Å². The maximum absolute atomic E-state index is 13.0. The molecule has 0 unspecified atom stereocenters. The van der Waals surface area contributed by atoms with Gasteiger partial charge in [0.1, 0.15) is 5.75 Å². The van der Waals surface area contributed by atoms with Crippen LogP contribution in [0.3, 0.4) is 0 Å². The number of aromatic nitrogens is 1. The fraction of sp³-hybridized carbons (Fsp3) is 0.208. The van der Waals surface area contributed by atoms with E-state index in [9.17, 15) is 8.42 Å². The SMILES string of the molecule is COc1ccc(NS(=O)(=O)c2ccc3oc(=S)n(CN4CCc5ccccc5C4)c3c2)cc1. The first-order valence-corrected chi connectivity index (χ1v) is 12.4. The number of nitrogens with zero attached hydrogens (tertiary/aromatic N) is 2. The Bertz CT molecular complexity index is 1470. The lowest BCUT2D eigenvalue weighted by atomic mass is 10.0. The Morgan fingerprint density at radius 3 is 2.58 bits per heavy atom. The first-order chi connectivity index (χ1) is 15.9. The average Bonchev–Trinajstić information content (AvgIpc) is 3.13. The summed E-state index contributed by atoms with van der Waals surface area (Å²) in [6, 6.07) is 19.9. The summed E-state index contributed by atoms with van der Waals surface area (Å²) in [5.74, 6) is 0.650. The zero-order chi connectivity index (χ0) is 23.0. The molecule has 0 atom stereocenters. The van der Waals surface area contributed by atoms with E-state index in [1.807, 2.05) is 10.6 Å². The van der Waals surface area contributed by atoms with Crippen molar-refractivity contribution in [2.45, 2.75) is 24.5 Å². The molecule has 5 rings (SSSR count). The van der Waals surface area contributed by atoms with E-state index in [1.54, 1.807) is 43.5 Å². The molecule has 4 aromatic rings. The van der Waals surface area contributed by atoms with Gasteiger partial charge in [-0.1, -0.05) is 24.3 Å². The van der Waals surface area contributed by atoms with Crippen LogP contribution in [0.15, 0.2) is 76.0 Å². The topological polar surface area (TPSA) is 76.7 Å². The van der Waals surface area contributed by atoms with Crippen molar-refractivity contribution in [2.24, 2.45) is 0 Å². The largest absolute Gasteiger partial charge is 0.497 e. The third-order valence-corrected chi connectivity index (χ3v) is 7.53. The summed E-state index contributed by atoms with van der Waals surface area (Å²) < 4.78 is 41.4. The van der Waals surface area contributed by atoms with Crippen LogP contribution in [0.4, 0.5) is 5.69 Å². The van der Waals surface area contributed by atoms with Gasteiger partial charge in [-0.05, 0) is 72.2 Å². The van der Waals surface area contributed by atoms with Gasteiger partial charge in [0, 0.05) is 18.8 Å². The Kier molecular flexibility index (Phi) is 5.69. The first-order valence-electron chi connectivity index (χ1n) is 10.5. The second kappa shape index (κ2) is 8.66. The molecule has 2 heterocycles. The van der Waals surface area contributed by atoms with Gasteiger partial charge in [0.2, 0.25) is 0 Å². The van der Waals surface area contributed by atoms with E-state index in [0.29, 0.717) is 34.0 Å². The predicted molar refractivity (Wildman–Crippen MR) is 129 cm³/mol. The molecule has 1 aliphatic rings. The monoisotopic (exact) mass is 481 g/mol. The molecule has 170 valence electrons. The van der Waals surface area contributed by atoms with Crippen molar-refractivity contribution < 1.29 is 17.6 Å². The van der Waals surface area contributed by atoms with Gasteiger partial charge in [0.25, 0.3) is 14.9 Å². The van der Waals surface area contributed by atoms with E-state index < -0.39 is 10.0 Å². The Labute approximate surface area is 197 Å². The van der Waals surface area contributed by atoms with Crippen LogP contribution in [-0.2, 0) is 29.7 Å². The highest BCUT2D eigenvalue weighted by Gasteiger charge is 2.20. The smallest absolute Gasteiger partial charge is 0.270 e. The lowest BCUT2D eigenvalue weighted by molar-refractivity contribution is 0.198. The quantitative estimate of drug-likeness (QED) is 0.399. The number of benzene rings is 3. The molecule has 0 radical (unpaired) electrons. The molecule has 1 aromatic heterocycles. The summed E-state index contributed by atoms with van der Waals surface area (Å²) >= 11 is 5.46. The summed E-state index contributed by atoms with van der Waals surface area (Å²) in [5.41, 5.74) is 4.33. The third-order valence-electron chi connectivity index (χ3n) is 5.84. The minimum atomic E-state index is -3.80.